The topological polar surface area (TPSA) is 43.3 Å². The molecule has 0 atom stereocenters. The van der Waals surface area contributed by atoms with Crippen LogP contribution in [-0.2, 0) is 0 Å². The molecule has 2 heterocycles. The van der Waals surface area contributed by atoms with Crippen LogP contribution < -0.4 is 5.73 Å². The maximum Gasteiger partial charge on any atom is 0.144 e. The summed E-state index contributed by atoms with van der Waals surface area (Å²) in [6.07, 6.45) is 3.86. The van der Waals surface area contributed by atoms with Crippen molar-refractivity contribution < 1.29 is 0 Å². The third-order valence-electron chi connectivity index (χ3n) is 2.58. The number of nitrogens with zero attached hydrogens (tertiary/aromatic N) is 2. The van der Waals surface area contributed by atoms with Crippen LogP contribution >= 0.6 is 0 Å². The highest BCUT2D eigenvalue weighted by Crippen LogP contribution is 2.21. The minimum atomic E-state index is 0.755. The van der Waals surface area contributed by atoms with Gasteiger partial charge in [0.25, 0.3) is 0 Å². The molecule has 0 spiro atoms. The number of aromatic nitrogens is 2. The number of nitrogens with two attached hydrogens (primary N) is 1. The monoisotopic (exact) mass is 209 g/mol. The number of imidazole rings is 1. The molecular formula is C13H11N3. The number of nitrogen functional groups attached to an aromatic ring is 1. The van der Waals surface area contributed by atoms with E-state index in [1.54, 1.807) is 0 Å². The van der Waals surface area contributed by atoms with Crippen molar-refractivity contribution in [1.29, 1.82) is 0 Å². The van der Waals surface area contributed by atoms with E-state index in [2.05, 4.69) is 9.38 Å². The van der Waals surface area contributed by atoms with Gasteiger partial charge in [0.05, 0.1) is 11.7 Å². The summed E-state index contributed by atoms with van der Waals surface area (Å²) in [5.74, 6) is 0.919. The predicted molar refractivity (Wildman–Crippen MR) is 65.0 cm³/mol. The summed E-state index contributed by atoms with van der Waals surface area (Å²) in [5.41, 5.74) is 8.64. The van der Waals surface area contributed by atoms with E-state index < -0.39 is 0 Å². The Morgan fingerprint density at radius 1 is 1.06 bits per heavy atom. The Bertz CT molecular complexity index is 640. The van der Waals surface area contributed by atoms with E-state index >= 15 is 0 Å². The van der Waals surface area contributed by atoms with Crippen LogP contribution in [0, 0.1) is 0 Å². The van der Waals surface area contributed by atoms with Gasteiger partial charge in [0.15, 0.2) is 0 Å². The fourth-order valence-electron chi connectivity index (χ4n) is 1.84. The van der Waals surface area contributed by atoms with Crippen LogP contribution in [0.15, 0.2) is 54.9 Å². The van der Waals surface area contributed by atoms with Crippen LogP contribution in [0.2, 0.25) is 0 Å². The Balaban J connectivity index is 2.26. The summed E-state index contributed by atoms with van der Waals surface area (Å²) < 4.78 is 2.05. The van der Waals surface area contributed by atoms with Crippen molar-refractivity contribution in [3.05, 3.63) is 54.9 Å². The Morgan fingerprint density at radius 2 is 2.00 bits per heavy atom. The first kappa shape index (κ1) is 8.97. The lowest BCUT2D eigenvalue weighted by atomic mass is 10.2. The van der Waals surface area contributed by atoms with E-state index in [9.17, 15) is 0 Å². The van der Waals surface area contributed by atoms with Gasteiger partial charge in [0.2, 0.25) is 0 Å². The molecule has 0 aliphatic rings. The molecule has 0 aliphatic carbocycles. The minimum Gasteiger partial charge on any atom is -0.399 e. The standard InChI is InChI=1S/C13H11N3/c14-11-5-3-4-10(8-11)13-15-9-12-6-1-2-7-16(12)13/h1-9H,14H2. The zero-order valence-electron chi connectivity index (χ0n) is 8.67. The van der Waals surface area contributed by atoms with Gasteiger partial charge in [0, 0.05) is 17.4 Å². The summed E-state index contributed by atoms with van der Waals surface area (Å²) in [5, 5.41) is 0. The summed E-state index contributed by atoms with van der Waals surface area (Å²) in [6, 6.07) is 13.8. The van der Waals surface area contributed by atoms with Crippen molar-refractivity contribution in [2.45, 2.75) is 0 Å². The molecule has 3 aromatic rings. The van der Waals surface area contributed by atoms with Gasteiger partial charge < -0.3 is 5.73 Å². The van der Waals surface area contributed by atoms with Crippen molar-refractivity contribution in [1.82, 2.24) is 9.38 Å². The second-order valence-corrected chi connectivity index (χ2v) is 3.70. The first-order chi connectivity index (χ1) is 7.84. The normalized spacial score (nSPS) is 10.8. The van der Waals surface area contributed by atoms with Gasteiger partial charge in [0.1, 0.15) is 5.82 Å². The van der Waals surface area contributed by atoms with E-state index in [4.69, 9.17) is 5.73 Å². The minimum absolute atomic E-state index is 0.755. The molecule has 0 amide bonds. The summed E-state index contributed by atoms with van der Waals surface area (Å²) in [4.78, 5) is 4.41. The number of rotatable bonds is 1. The molecule has 0 bridgehead atoms. The second-order valence-electron chi connectivity index (χ2n) is 3.70. The molecule has 2 aromatic heterocycles. The molecule has 3 nitrogen and oxygen atoms in total. The highest BCUT2D eigenvalue weighted by molar-refractivity contribution is 5.65. The van der Waals surface area contributed by atoms with Gasteiger partial charge in [-0.3, -0.25) is 4.40 Å². The Labute approximate surface area is 93.2 Å². The maximum atomic E-state index is 5.77. The Morgan fingerprint density at radius 3 is 2.88 bits per heavy atom. The van der Waals surface area contributed by atoms with Gasteiger partial charge in [-0.15, -0.1) is 0 Å². The van der Waals surface area contributed by atoms with Crippen LogP contribution in [-0.4, -0.2) is 9.38 Å². The molecule has 0 unspecified atom stereocenters. The lowest BCUT2D eigenvalue weighted by Crippen LogP contribution is -1.90. The van der Waals surface area contributed by atoms with Crippen molar-refractivity contribution in [2.24, 2.45) is 0 Å². The largest absolute Gasteiger partial charge is 0.399 e. The molecule has 16 heavy (non-hydrogen) atoms. The number of hydrogen-bond acceptors (Lipinski definition) is 2. The van der Waals surface area contributed by atoms with Crippen LogP contribution in [0.4, 0.5) is 5.69 Å². The number of fused-ring (bicyclic) bond motifs is 1. The van der Waals surface area contributed by atoms with Crippen LogP contribution in [0.5, 0.6) is 0 Å². The van der Waals surface area contributed by atoms with Crippen molar-refractivity contribution in [2.75, 3.05) is 5.73 Å². The quantitative estimate of drug-likeness (QED) is 0.626. The second kappa shape index (κ2) is 3.38. The van der Waals surface area contributed by atoms with Crippen molar-refractivity contribution in [3.8, 4) is 11.4 Å². The number of anilines is 1. The van der Waals surface area contributed by atoms with Gasteiger partial charge in [-0.1, -0.05) is 18.2 Å². The number of hydrogen-bond donors (Lipinski definition) is 1. The fraction of sp³-hybridized carbons (Fsp3) is 0. The van der Waals surface area contributed by atoms with E-state index in [-0.39, 0.29) is 0 Å². The average molecular weight is 209 g/mol. The van der Waals surface area contributed by atoms with E-state index in [0.717, 1.165) is 22.6 Å². The SMILES string of the molecule is Nc1cccc(-c2ncc3ccccn23)c1. The van der Waals surface area contributed by atoms with Crippen LogP contribution in [0.1, 0.15) is 0 Å². The molecule has 0 saturated carbocycles. The molecule has 0 saturated heterocycles. The third-order valence-corrected chi connectivity index (χ3v) is 2.58. The molecule has 78 valence electrons. The highest BCUT2D eigenvalue weighted by atomic mass is 15.0. The molecule has 0 aliphatic heterocycles. The first-order valence-electron chi connectivity index (χ1n) is 5.12. The van der Waals surface area contributed by atoms with Gasteiger partial charge in [-0.05, 0) is 24.3 Å². The smallest absolute Gasteiger partial charge is 0.144 e. The number of pyridine rings is 1. The summed E-state index contributed by atoms with van der Waals surface area (Å²) in [7, 11) is 0. The first-order valence-corrected chi connectivity index (χ1v) is 5.12. The fourth-order valence-corrected chi connectivity index (χ4v) is 1.84. The van der Waals surface area contributed by atoms with Gasteiger partial charge in [-0.2, -0.15) is 0 Å². The van der Waals surface area contributed by atoms with Crippen LogP contribution in [0.3, 0.4) is 0 Å². The molecule has 2 N–H and O–H groups in total. The summed E-state index contributed by atoms with van der Waals surface area (Å²) >= 11 is 0. The maximum absolute atomic E-state index is 5.77. The van der Waals surface area contributed by atoms with E-state index in [1.807, 2.05) is 54.9 Å². The number of benzene rings is 1. The summed E-state index contributed by atoms with van der Waals surface area (Å²) in [6.45, 7) is 0. The van der Waals surface area contributed by atoms with E-state index in [0.29, 0.717) is 0 Å². The predicted octanol–water partition coefficient (Wildman–Crippen LogP) is 2.58. The molecule has 0 radical (unpaired) electrons. The zero-order valence-corrected chi connectivity index (χ0v) is 8.67. The van der Waals surface area contributed by atoms with Crippen LogP contribution in [0.25, 0.3) is 16.9 Å². The zero-order chi connectivity index (χ0) is 11.0. The highest BCUT2D eigenvalue weighted by Gasteiger charge is 2.05. The lowest BCUT2D eigenvalue weighted by Gasteiger charge is -2.01. The molecule has 0 fully saturated rings. The van der Waals surface area contributed by atoms with Gasteiger partial charge in [-0.25, -0.2) is 4.98 Å². The third kappa shape index (κ3) is 1.34. The van der Waals surface area contributed by atoms with Gasteiger partial charge >= 0.3 is 0 Å². The van der Waals surface area contributed by atoms with E-state index in [1.165, 1.54) is 0 Å². The lowest BCUT2D eigenvalue weighted by molar-refractivity contribution is 1.16. The average Bonchev–Trinajstić information content (AvgIpc) is 2.72. The van der Waals surface area contributed by atoms with Crippen molar-refractivity contribution >= 4 is 11.2 Å². The molecule has 1 aromatic carbocycles. The molecular weight excluding hydrogens is 198 g/mol. The molecule has 3 rings (SSSR count). The Kier molecular flexibility index (Phi) is 1.90. The molecule has 3 heteroatoms. The van der Waals surface area contributed by atoms with Crippen molar-refractivity contribution in [3.63, 3.8) is 0 Å². The Hall–Kier alpha value is -2.29.